The van der Waals surface area contributed by atoms with Crippen molar-refractivity contribution in [2.75, 3.05) is 0 Å². The van der Waals surface area contributed by atoms with Crippen molar-refractivity contribution >= 4 is 5.65 Å². The number of fused-ring (bicyclic) bond motifs is 1. The van der Waals surface area contributed by atoms with Crippen LogP contribution >= 0.6 is 0 Å². The first kappa shape index (κ1) is 8.23. The summed E-state index contributed by atoms with van der Waals surface area (Å²) in [6, 6.07) is 0. The van der Waals surface area contributed by atoms with Gasteiger partial charge < -0.3 is 4.40 Å². The molecule has 2 rings (SSSR count). The molecule has 3 heteroatoms. The highest BCUT2D eigenvalue weighted by Crippen LogP contribution is 2.08. The molecular formula is C10H13N3. The van der Waals surface area contributed by atoms with Gasteiger partial charge in [-0.15, -0.1) is 0 Å². The minimum atomic E-state index is 0.939. The molecule has 2 aromatic heterocycles. The molecule has 0 aromatic carbocycles. The third kappa shape index (κ3) is 1.41. The van der Waals surface area contributed by atoms with Gasteiger partial charge in [-0.05, 0) is 13.3 Å². The average molecular weight is 175 g/mol. The number of aryl methyl sites for hydroxylation is 2. The molecule has 0 aliphatic rings. The zero-order chi connectivity index (χ0) is 9.26. The van der Waals surface area contributed by atoms with Crippen molar-refractivity contribution in [2.45, 2.75) is 26.7 Å². The summed E-state index contributed by atoms with van der Waals surface area (Å²) in [7, 11) is 0. The monoisotopic (exact) mass is 175 g/mol. The topological polar surface area (TPSA) is 30.2 Å². The van der Waals surface area contributed by atoms with E-state index in [1.54, 1.807) is 0 Å². The van der Waals surface area contributed by atoms with Crippen molar-refractivity contribution in [2.24, 2.45) is 0 Å². The molecule has 0 N–H and O–H groups in total. The van der Waals surface area contributed by atoms with Gasteiger partial charge in [-0.2, -0.15) is 0 Å². The molecule has 68 valence electrons. The lowest BCUT2D eigenvalue weighted by molar-refractivity contribution is 0.861. The van der Waals surface area contributed by atoms with Gasteiger partial charge in [0.05, 0.1) is 11.9 Å². The molecule has 0 saturated heterocycles. The van der Waals surface area contributed by atoms with Crippen LogP contribution in [-0.4, -0.2) is 14.4 Å². The van der Waals surface area contributed by atoms with E-state index in [1.807, 2.05) is 25.5 Å². The summed E-state index contributed by atoms with van der Waals surface area (Å²) in [6.45, 7) is 4.17. The normalized spacial score (nSPS) is 10.9. The molecule has 13 heavy (non-hydrogen) atoms. The highest BCUT2D eigenvalue weighted by molar-refractivity contribution is 5.37. The Balaban J connectivity index is 2.58. The maximum atomic E-state index is 4.28. The maximum Gasteiger partial charge on any atom is 0.155 e. The maximum absolute atomic E-state index is 4.28. The number of aromatic nitrogens is 3. The van der Waals surface area contributed by atoms with Crippen LogP contribution in [0.1, 0.15) is 24.7 Å². The number of rotatable bonds is 2. The molecule has 2 heterocycles. The Kier molecular flexibility index (Phi) is 2.00. The van der Waals surface area contributed by atoms with E-state index in [1.165, 1.54) is 5.69 Å². The molecular weight excluding hydrogens is 162 g/mol. The molecule has 0 aliphatic carbocycles. The molecule has 0 fully saturated rings. The van der Waals surface area contributed by atoms with Gasteiger partial charge in [0.15, 0.2) is 5.65 Å². The van der Waals surface area contributed by atoms with Crippen LogP contribution in [-0.2, 0) is 6.42 Å². The van der Waals surface area contributed by atoms with E-state index >= 15 is 0 Å². The summed E-state index contributed by atoms with van der Waals surface area (Å²) < 4.78 is 2.12. The Bertz CT molecular complexity index is 417. The zero-order valence-electron chi connectivity index (χ0n) is 7.99. The molecule has 0 aliphatic heterocycles. The minimum Gasteiger partial charge on any atom is -0.301 e. The standard InChI is InChI=1S/C10H13N3/c1-3-4-9-5-12-10-6-11-8(2)7-13(9)10/h5-7H,3-4H2,1-2H3. The van der Waals surface area contributed by atoms with Crippen molar-refractivity contribution < 1.29 is 0 Å². The van der Waals surface area contributed by atoms with E-state index in [2.05, 4.69) is 21.3 Å². The zero-order valence-corrected chi connectivity index (χ0v) is 7.99. The number of hydrogen-bond acceptors (Lipinski definition) is 2. The lowest BCUT2D eigenvalue weighted by Crippen LogP contribution is -1.94. The molecule has 0 unspecified atom stereocenters. The molecule has 0 radical (unpaired) electrons. The van der Waals surface area contributed by atoms with Gasteiger partial charge in [0, 0.05) is 18.1 Å². The third-order valence-corrected chi connectivity index (χ3v) is 2.11. The summed E-state index contributed by atoms with van der Waals surface area (Å²) in [4.78, 5) is 8.48. The predicted molar refractivity (Wildman–Crippen MR) is 51.7 cm³/mol. The highest BCUT2D eigenvalue weighted by atomic mass is 15.0. The first-order chi connectivity index (χ1) is 6.31. The van der Waals surface area contributed by atoms with Crippen LogP contribution in [0.25, 0.3) is 5.65 Å². The van der Waals surface area contributed by atoms with E-state index < -0.39 is 0 Å². The first-order valence-electron chi connectivity index (χ1n) is 4.60. The largest absolute Gasteiger partial charge is 0.301 e. The summed E-state index contributed by atoms with van der Waals surface area (Å²) in [5.41, 5.74) is 3.24. The highest BCUT2D eigenvalue weighted by Gasteiger charge is 2.01. The molecule has 2 aromatic rings. The van der Waals surface area contributed by atoms with Gasteiger partial charge in [-0.1, -0.05) is 13.3 Å². The Morgan fingerprint density at radius 3 is 2.92 bits per heavy atom. The van der Waals surface area contributed by atoms with Crippen molar-refractivity contribution in [3.63, 3.8) is 0 Å². The number of imidazole rings is 1. The lowest BCUT2D eigenvalue weighted by atomic mass is 10.3. The van der Waals surface area contributed by atoms with Gasteiger partial charge in [0.25, 0.3) is 0 Å². The van der Waals surface area contributed by atoms with Gasteiger partial charge in [0.1, 0.15) is 0 Å². The SMILES string of the molecule is CCCc1cnc2cnc(C)cn12. The van der Waals surface area contributed by atoms with Crippen molar-refractivity contribution in [1.82, 2.24) is 14.4 Å². The van der Waals surface area contributed by atoms with Gasteiger partial charge in [-0.3, -0.25) is 4.98 Å². The van der Waals surface area contributed by atoms with Crippen LogP contribution in [0.2, 0.25) is 0 Å². The number of nitrogens with zero attached hydrogens (tertiary/aromatic N) is 3. The van der Waals surface area contributed by atoms with E-state index in [-0.39, 0.29) is 0 Å². The van der Waals surface area contributed by atoms with Crippen molar-refractivity contribution in [3.05, 3.63) is 30.0 Å². The fourth-order valence-corrected chi connectivity index (χ4v) is 1.48. The van der Waals surface area contributed by atoms with Crippen LogP contribution in [0, 0.1) is 6.92 Å². The molecule has 0 atom stereocenters. The quantitative estimate of drug-likeness (QED) is 0.698. The van der Waals surface area contributed by atoms with Crippen LogP contribution < -0.4 is 0 Å². The first-order valence-corrected chi connectivity index (χ1v) is 4.60. The average Bonchev–Trinajstić information content (AvgIpc) is 2.49. The van der Waals surface area contributed by atoms with E-state index in [0.29, 0.717) is 0 Å². The summed E-state index contributed by atoms with van der Waals surface area (Å²) in [6.07, 6.45) is 8.00. The Morgan fingerprint density at radius 1 is 1.31 bits per heavy atom. The second-order valence-corrected chi connectivity index (χ2v) is 3.26. The van der Waals surface area contributed by atoms with Crippen molar-refractivity contribution in [1.29, 1.82) is 0 Å². The third-order valence-electron chi connectivity index (χ3n) is 2.11. The van der Waals surface area contributed by atoms with E-state index in [4.69, 9.17) is 0 Å². The van der Waals surface area contributed by atoms with Crippen LogP contribution in [0.5, 0.6) is 0 Å². The second-order valence-electron chi connectivity index (χ2n) is 3.26. The molecule has 0 amide bonds. The van der Waals surface area contributed by atoms with E-state index in [9.17, 15) is 0 Å². The van der Waals surface area contributed by atoms with Gasteiger partial charge in [-0.25, -0.2) is 4.98 Å². The molecule has 0 spiro atoms. The summed E-state index contributed by atoms with van der Waals surface area (Å²) in [5, 5.41) is 0. The fourth-order valence-electron chi connectivity index (χ4n) is 1.48. The Hall–Kier alpha value is -1.38. The molecule has 0 saturated carbocycles. The minimum absolute atomic E-state index is 0.939. The summed E-state index contributed by atoms with van der Waals surface area (Å²) >= 11 is 0. The van der Waals surface area contributed by atoms with Gasteiger partial charge >= 0.3 is 0 Å². The Labute approximate surface area is 77.4 Å². The van der Waals surface area contributed by atoms with Crippen LogP contribution in [0.15, 0.2) is 18.6 Å². The van der Waals surface area contributed by atoms with Crippen LogP contribution in [0.4, 0.5) is 0 Å². The van der Waals surface area contributed by atoms with E-state index in [0.717, 1.165) is 24.2 Å². The molecule has 0 bridgehead atoms. The predicted octanol–water partition coefficient (Wildman–Crippen LogP) is 1.99. The second kappa shape index (κ2) is 3.17. The fraction of sp³-hybridized carbons (Fsp3) is 0.400. The summed E-state index contributed by atoms with van der Waals surface area (Å²) in [5.74, 6) is 0. The Morgan fingerprint density at radius 2 is 2.15 bits per heavy atom. The molecule has 3 nitrogen and oxygen atoms in total. The van der Waals surface area contributed by atoms with Crippen LogP contribution in [0.3, 0.4) is 0 Å². The smallest absolute Gasteiger partial charge is 0.155 e. The van der Waals surface area contributed by atoms with Gasteiger partial charge in [0.2, 0.25) is 0 Å². The lowest BCUT2D eigenvalue weighted by Gasteiger charge is -1.99. The number of hydrogen-bond donors (Lipinski definition) is 0. The van der Waals surface area contributed by atoms with Crippen molar-refractivity contribution in [3.8, 4) is 0 Å².